The molecule has 1 amide bonds. The van der Waals surface area contributed by atoms with Crippen LogP contribution in [0.15, 0.2) is 48.5 Å². The fourth-order valence-electron chi connectivity index (χ4n) is 2.50. The molecule has 0 fully saturated rings. The number of aromatic nitrogens is 2. The van der Waals surface area contributed by atoms with Crippen LogP contribution in [0, 0.1) is 13.8 Å². The van der Waals surface area contributed by atoms with Gasteiger partial charge in [0.2, 0.25) is 0 Å². The highest BCUT2D eigenvalue weighted by Crippen LogP contribution is 2.28. The topological polar surface area (TPSA) is 56.1 Å². The Hall–Kier alpha value is -2.50. The number of halogens is 2. The molecule has 0 aliphatic carbocycles. The van der Waals surface area contributed by atoms with E-state index in [0.717, 1.165) is 5.69 Å². The van der Waals surface area contributed by atoms with Gasteiger partial charge in [0.25, 0.3) is 5.91 Å². The van der Waals surface area contributed by atoms with E-state index in [-0.39, 0.29) is 12.6 Å². The van der Waals surface area contributed by atoms with Gasteiger partial charge in [-0.2, -0.15) is 5.10 Å². The van der Waals surface area contributed by atoms with Crippen molar-refractivity contribution in [2.24, 2.45) is 0 Å². The summed E-state index contributed by atoms with van der Waals surface area (Å²) in [7, 11) is 0. The van der Waals surface area contributed by atoms with E-state index in [1.807, 2.05) is 32.0 Å². The van der Waals surface area contributed by atoms with E-state index in [2.05, 4.69) is 10.4 Å². The highest BCUT2D eigenvalue weighted by atomic mass is 35.5. The number of carbonyl (C=O) groups excluding carboxylic acids is 1. The van der Waals surface area contributed by atoms with E-state index < -0.39 is 0 Å². The molecule has 3 aromatic rings. The van der Waals surface area contributed by atoms with Crippen molar-refractivity contribution >= 4 is 34.8 Å². The Bertz CT molecular complexity index is 939. The van der Waals surface area contributed by atoms with E-state index in [9.17, 15) is 4.79 Å². The Labute approximate surface area is 161 Å². The van der Waals surface area contributed by atoms with Crippen molar-refractivity contribution in [3.8, 4) is 5.75 Å². The zero-order valence-corrected chi connectivity index (χ0v) is 15.8. The number of nitrogens with zero attached hydrogens (tertiary/aromatic N) is 2. The smallest absolute Gasteiger partial charge is 0.255 e. The Morgan fingerprint density at radius 3 is 2.58 bits per heavy atom. The maximum absolute atomic E-state index is 12.4. The van der Waals surface area contributed by atoms with Gasteiger partial charge in [0, 0.05) is 10.6 Å². The molecular weight excluding hydrogens is 373 g/mol. The Morgan fingerprint density at radius 2 is 1.88 bits per heavy atom. The van der Waals surface area contributed by atoms with E-state index in [0.29, 0.717) is 32.7 Å². The SMILES string of the molecule is Cc1nn(COc2ccc(Cl)cc2Cl)c(C)c1NC(=O)c1ccccc1. The zero-order chi connectivity index (χ0) is 18.7. The van der Waals surface area contributed by atoms with Crippen LogP contribution >= 0.6 is 23.2 Å². The first kappa shape index (κ1) is 18.3. The molecule has 5 nitrogen and oxygen atoms in total. The van der Waals surface area contributed by atoms with Crippen molar-refractivity contribution in [3.05, 3.63) is 75.5 Å². The van der Waals surface area contributed by atoms with Crippen molar-refractivity contribution in [2.75, 3.05) is 5.32 Å². The second-order valence-corrected chi connectivity index (χ2v) is 6.56. The monoisotopic (exact) mass is 389 g/mol. The highest BCUT2D eigenvalue weighted by Gasteiger charge is 2.15. The molecule has 1 N–H and O–H groups in total. The van der Waals surface area contributed by atoms with Crippen molar-refractivity contribution in [1.29, 1.82) is 0 Å². The maximum Gasteiger partial charge on any atom is 0.255 e. The lowest BCUT2D eigenvalue weighted by atomic mass is 10.2. The number of hydrogen-bond donors (Lipinski definition) is 1. The number of rotatable bonds is 5. The quantitative estimate of drug-likeness (QED) is 0.660. The summed E-state index contributed by atoms with van der Waals surface area (Å²) in [5, 5.41) is 8.31. The molecule has 0 aliphatic rings. The number of amides is 1. The summed E-state index contributed by atoms with van der Waals surface area (Å²) < 4.78 is 7.38. The average Bonchev–Trinajstić information content (AvgIpc) is 2.89. The van der Waals surface area contributed by atoms with Crippen LogP contribution in [0.1, 0.15) is 21.7 Å². The van der Waals surface area contributed by atoms with E-state index in [1.54, 1.807) is 35.0 Å². The van der Waals surface area contributed by atoms with E-state index >= 15 is 0 Å². The van der Waals surface area contributed by atoms with Crippen LogP contribution in [0.5, 0.6) is 5.75 Å². The Balaban J connectivity index is 1.74. The molecule has 0 spiro atoms. The van der Waals surface area contributed by atoms with Crippen LogP contribution in [0.3, 0.4) is 0 Å². The van der Waals surface area contributed by atoms with Gasteiger partial charge in [0.1, 0.15) is 5.75 Å². The summed E-state index contributed by atoms with van der Waals surface area (Å²) >= 11 is 12.0. The van der Waals surface area contributed by atoms with Crippen molar-refractivity contribution in [2.45, 2.75) is 20.6 Å². The van der Waals surface area contributed by atoms with E-state index in [4.69, 9.17) is 27.9 Å². The van der Waals surface area contributed by atoms with Crippen molar-refractivity contribution in [3.63, 3.8) is 0 Å². The Morgan fingerprint density at radius 1 is 1.15 bits per heavy atom. The Kier molecular flexibility index (Phi) is 5.49. The average molecular weight is 390 g/mol. The molecular formula is C19H17Cl2N3O2. The molecule has 0 aliphatic heterocycles. The van der Waals surface area contributed by atoms with Gasteiger partial charge in [-0.1, -0.05) is 41.4 Å². The van der Waals surface area contributed by atoms with Gasteiger partial charge >= 0.3 is 0 Å². The summed E-state index contributed by atoms with van der Waals surface area (Å²) in [5.41, 5.74) is 2.75. The van der Waals surface area contributed by atoms with Crippen LogP contribution in [-0.4, -0.2) is 15.7 Å². The predicted octanol–water partition coefficient (Wildman–Crippen LogP) is 5.10. The minimum atomic E-state index is -0.182. The van der Waals surface area contributed by atoms with Crippen molar-refractivity contribution in [1.82, 2.24) is 9.78 Å². The summed E-state index contributed by atoms with van der Waals surface area (Å²) in [6, 6.07) is 14.1. The minimum absolute atomic E-state index is 0.162. The largest absolute Gasteiger partial charge is 0.470 e. The molecule has 0 atom stereocenters. The van der Waals surface area contributed by atoms with Crippen LogP contribution in [0.4, 0.5) is 5.69 Å². The lowest BCUT2D eigenvalue weighted by Crippen LogP contribution is -2.13. The van der Waals surface area contributed by atoms with Gasteiger partial charge in [-0.15, -0.1) is 0 Å². The highest BCUT2D eigenvalue weighted by molar-refractivity contribution is 6.35. The van der Waals surface area contributed by atoms with Crippen molar-refractivity contribution < 1.29 is 9.53 Å². The first-order chi connectivity index (χ1) is 12.5. The van der Waals surface area contributed by atoms with Crippen LogP contribution in [-0.2, 0) is 6.73 Å². The summed E-state index contributed by atoms with van der Waals surface area (Å²) in [6.07, 6.45) is 0. The first-order valence-electron chi connectivity index (χ1n) is 7.94. The van der Waals surface area contributed by atoms with Gasteiger partial charge in [-0.3, -0.25) is 4.79 Å². The standard InChI is InChI=1S/C19H17Cl2N3O2/c1-12-18(22-19(25)14-6-4-3-5-7-14)13(2)24(23-12)11-26-17-9-8-15(20)10-16(17)21/h3-10H,11H2,1-2H3,(H,22,25). The third-order valence-electron chi connectivity index (χ3n) is 3.89. The van der Waals surface area contributed by atoms with Crippen LogP contribution in [0.2, 0.25) is 10.0 Å². The third kappa shape index (κ3) is 4.00. The molecule has 26 heavy (non-hydrogen) atoms. The van der Waals surface area contributed by atoms with Gasteiger partial charge in [-0.05, 0) is 44.2 Å². The number of nitrogens with one attached hydrogen (secondary N) is 1. The molecule has 0 saturated carbocycles. The third-order valence-corrected chi connectivity index (χ3v) is 4.42. The van der Waals surface area contributed by atoms with Crippen LogP contribution in [0.25, 0.3) is 0 Å². The summed E-state index contributed by atoms with van der Waals surface area (Å²) in [5.74, 6) is 0.330. The molecule has 2 aromatic carbocycles. The second-order valence-electron chi connectivity index (χ2n) is 5.71. The van der Waals surface area contributed by atoms with Gasteiger partial charge in [-0.25, -0.2) is 4.68 Å². The van der Waals surface area contributed by atoms with Crippen LogP contribution < -0.4 is 10.1 Å². The van der Waals surface area contributed by atoms with Gasteiger partial charge in [0.05, 0.1) is 22.1 Å². The number of carbonyl (C=O) groups is 1. The maximum atomic E-state index is 12.4. The molecule has 1 aromatic heterocycles. The molecule has 3 rings (SSSR count). The lowest BCUT2D eigenvalue weighted by molar-refractivity contribution is 0.102. The van der Waals surface area contributed by atoms with E-state index in [1.165, 1.54) is 0 Å². The molecule has 0 saturated heterocycles. The minimum Gasteiger partial charge on any atom is -0.470 e. The summed E-state index contributed by atoms with van der Waals surface area (Å²) in [4.78, 5) is 12.4. The first-order valence-corrected chi connectivity index (χ1v) is 8.69. The number of hydrogen-bond acceptors (Lipinski definition) is 3. The number of ether oxygens (including phenoxy) is 1. The molecule has 1 heterocycles. The number of anilines is 1. The molecule has 134 valence electrons. The fourth-order valence-corrected chi connectivity index (χ4v) is 2.96. The molecule has 0 radical (unpaired) electrons. The molecule has 7 heteroatoms. The molecule has 0 unspecified atom stereocenters. The number of benzene rings is 2. The predicted molar refractivity (Wildman–Crippen MR) is 103 cm³/mol. The number of aryl methyl sites for hydroxylation is 1. The fraction of sp³-hybridized carbons (Fsp3) is 0.158. The lowest BCUT2D eigenvalue weighted by Gasteiger charge is -2.10. The second kappa shape index (κ2) is 7.81. The van der Waals surface area contributed by atoms with Gasteiger partial charge < -0.3 is 10.1 Å². The van der Waals surface area contributed by atoms with Gasteiger partial charge in [0.15, 0.2) is 6.73 Å². The molecule has 0 bridgehead atoms. The summed E-state index contributed by atoms with van der Waals surface area (Å²) in [6.45, 7) is 3.86. The normalized spacial score (nSPS) is 10.6. The zero-order valence-electron chi connectivity index (χ0n) is 14.3.